The predicted octanol–water partition coefficient (Wildman–Crippen LogP) is 4.50. The molecule has 1 aromatic heterocycles. The molecule has 0 amide bonds. The van der Waals surface area contributed by atoms with Crippen LogP contribution in [0.1, 0.15) is 17.9 Å². The molecule has 0 bridgehead atoms. The van der Waals surface area contributed by atoms with Crippen LogP contribution < -0.4 is 0 Å². The molecule has 0 saturated heterocycles. The molecular formula is C17H12ClNO3. The first-order chi connectivity index (χ1) is 10.6. The van der Waals surface area contributed by atoms with E-state index in [0.29, 0.717) is 27.6 Å². The number of carboxylic acids is 1. The van der Waals surface area contributed by atoms with Crippen LogP contribution in [0.3, 0.4) is 0 Å². The topological polar surface area (TPSA) is 63.3 Å². The maximum absolute atomic E-state index is 11.1. The van der Waals surface area contributed by atoms with E-state index in [2.05, 4.69) is 4.98 Å². The second-order valence-electron chi connectivity index (χ2n) is 4.78. The second-order valence-corrected chi connectivity index (χ2v) is 5.21. The first kappa shape index (κ1) is 14.4. The lowest BCUT2D eigenvalue weighted by Gasteiger charge is -2.01. The van der Waals surface area contributed by atoms with Crippen LogP contribution in [0.15, 0.2) is 52.9 Å². The van der Waals surface area contributed by atoms with Crippen molar-refractivity contribution in [2.75, 3.05) is 0 Å². The summed E-state index contributed by atoms with van der Waals surface area (Å²) in [5.41, 5.74) is 2.67. The van der Waals surface area contributed by atoms with Crippen molar-refractivity contribution in [3.05, 3.63) is 65.0 Å². The van der Waals surface area contributed by atoms with E-state index in [4.69, 9.17) is 21.1 Å². The number of fused-ring (bicyclic) bond motifs is 1. The molecule has 0 saturated carbocycles. The standard InChI is InChI=1S/C17H12ClNO3/c18-13-7-5-11(6-8-13)9-12(10-16(20)21)17-19-14-3-1-2-4-15(14)22-17/h1-9H,10H2,(H,20,21). The average molecular weight is 314 g/mol. The zero-order valence-electron chi connectivity index (χ0n) is 11.5. The number of aromatic nitrogens is 1. The average Bonchev–Trinajstić information content (AvgIpc) is 2.92. The summed E-state index contributed by atoms with van der Waals surface area (Å²) in [7, 11) is 0. The van der Waals surface area contributed by atoms with E-state index in [-0.39, 0.29) is 6.42 Å². The van der Waals surface area contributed by atoms with Gasteiger partial charge in [-0.3, -0.25) is 4.79 Å². The van der Waals surface area contributed by atoms with Gasteiger partial charge < -0.3 is 9.52 Å². The number of nitrogens with zero attached hydrogens (tertiary/aromatic N) is 1. The lowest BCUT2D eigenvalue weighted by Crippen LogP contribution is -1.97. The van der Waals surface area contributed by atoms with Crippen molar-refractivity contribution in [3.8, 4) is 0 Å². The zero-order chi connectivity index (χ0) is 15.5. The number of carboxylic acid groups (broad SMARTS) is 1. The summed E-state index contributed by atoms with van der Waals surface area (Å²) in [6.45, 7) is 0. The van der Waals surface area contributed by atoms with Gasteiger partial charge in [0.2, 0.25) is 5.89 Å². The molecule has 0 radical (unpaired) electrons. The highest BCUT2D eigenvalue weighted by Gasteiger charge is 2.14. The fourth-order valence-electron chi connectivity index (χ4n) is 2.12. The van der Waals surface area contributed by atoms with E-state index in [1.165, 1.54) is 0 Å². The van der Waals surface area contributed by atoms with Crippen molar-refractivity contribution in [3.63, 3.8) is 0 Å². The third-order valence-electron chi connectivity index (χ3n) is 3.12. The van der Waals surface area contributed by atoms with Crippen LogP contribution in [0, 0.1) is 0 Å². The Bertz CT molecular complexity index is 817. The molecule has 0 aliphatic carbocycles. The molecule has 0 spiro atoms. The summed E-state index contributed by atoms with van der Waals surface area (Å²) < 4.78 is 5.66. The molecule has 1 N–H and O–H groups in total. The van der Waals surface area contributed by atoms with Gasteiger partial charge in [0, 0.05) is 10.6 Å². The lowest BCUT2D eigenvalue weighted by atomic mass is 10.1. The Morgan fingerprint density at radius 1 is 1.18 bits per heavy atom. The molecule has 110 valence electrons. The number of aliphatic carboxylic acids is 1. The van der Waals surface area contributed by atoms with E-state index >= 15 is 0 Å². The fraction of sp³-hybridized carbons (Fsp3) is 0.0588. The van der Waals surface area contributed by atoms with Gasteiger partial charge in [-0.1, -0.05) is 35.9 Å². The minimum Gasteiger partial charge on any atom is -0.481 e. The van der Waals surface area contributed by atoms with Gasteiger partial charge in [0.25, 0.3) is 0 Å². The molecule has 0 unspecified atom stereocenters. The summed E-state index contributed by atoms with van der Waals surface area (Å²) in [5.74, 6) is -0.624. The highest BCUT2D eigenvalue weighted by Crippen LogP contribution is 2.25. The molecule has 2 aromatic carbocycles. The van der Waals surface area contributed by atoms with Crippen molar-refractivity contribution < 1.29 is 14.3 Å². The largest absolute Gasteiger partial charge is 0.481 e. The monoisotopic (exact) mass is 313 g/mol. The number of halogens is 1. The van der Waals surface area contributed by atoms with Crippen molar-refractivity contribution in [1.82, 2.24) is 4.98 Å². The molecule has 0 aliphatic heterocycles. The van der Waals surface area contributed by atoms with Gasteiger partial charge >= 0.3 is 5.97 Å². The van der Waals surface area contributed by atoms with Crippen molar-refractivity contribution in [2.24, 2.45) is 0 Å². The number of carbonyl (C=O) groups is 1. The van der Waals surface area contributed by atoms with Gasteiger partial charge in [-0.15, -0.1) is 0 Å². The second kappa shape index (κ2) is 6.03. The van der Waals surface area contributed by atoms with Gasteiger partial charge in [0.1, 0.15) is 5.52 Å². The third-order valence-corrected chi connectivity index (χ3v) is 3.37. The third kappa shape index (κ3) is 3.18. The van der Waals surface area contributed by atoms with Gasteiger partial charge in [-0.2, -0.15) is 0 Å². The van der Waals surface area contributed by atoms with Gasteiger partial charge in [0.15, 0.2) is 5.58 Å². The molecule has 5 heteroatoms. The summed E-state index contributed by atoms with van der Waals surface area (Å²) in [6.07, 6.45) is 1.57. The van der Waals surface area contributed by atoms with Crippen LogP contribution in [-0.4, -0.2) is 16.1 Å². The summed E-state index contributed by atoms with van der Waals surface area (Å²) in [6, 6.07) is 14.4. The number of rotatable bonds is 4. The quantitative estimate of drug-likeness (QED) is 0.770. The summed E-state index contributed by atoms with van der Waals surface area (Å²) in [5, 5.41) is 9.73. The molecule has 3 rings (SSSR count). The Hall–Kier alpha value is -2.59. The van der Waals surface area contributed by atoms with E-state index < -0.39 is 5.97 Å². The molecule has 0 fully saturated rings. The van der Waals surface area contributed by atoms with Crippen molar-refractivity contribution in [2.45, 2.75) is 6.42 Å². The van der Waals surface area contributed by atoms with Crippen LogP contribution in [0.2, 0.25) is 5.02 Å². The normalized spacial score (nSPS) is 11.8. The number of para-hydroxylation sites is 2. The molecule has 0 aliphatic rings. The van der Waals surface area contributed by atoms with Gasteiger partial charge in [-0.05, 0) is 35.9 Å². The molecule has 3 aromatic rings. The highest BCUT2D eigenvalue weighted by molar-refractivity contribution is 6.30. The molecular weight excluding hydrogens is 302 g/mol. The van der Waals surface area contributed by atoms with E-state index in [1.807, 2.05) is 30.3 Å². The molecule has 4 nitrogen and oxygen atoms in total. The van der Waals surface area contributed by atoms with E-state index in [0.717, 1.165) is 5.56 Å². The Balaban J connectivity index is 2.05. The van der Waals surface area contributed by atoms with Gasteiger partial charge in [-0.25, -0.2) is 4.98 Å². The first-order valence-corrected chi connectivity index (χ1v) is 7.03. The number of benzene rings is 2. The van der Waals surface area contributed by atoms with E-state index in [1.54, 1.807) is 24.3 Å². The van der Waals surface area contributed by atoms with Gasteiger partial charge in [0.05, 0.1) is 6.42 Å². The van der Waals surface area contributed by atoms with Crippen LogP contribution in [0.25, 0.3) is 22.7 Å². The Morgan fingerprint density at radius 3 is 2.59 bits per heavy atom. The first-order valence-electron chi connectivity index (χ1n) is 6.66. The molecule has 22 heavy (non-hydrogen) atoms. The number of hydrogen-bond donors (Lipinski definition) is 1. The SMILES string of the molecule is O=C(O)CC(=Cc1ccc(Cl)cc1)c1nc2ccccc2o1. The number of hydrogen-bond acceptors (Lipinski definition) is 3. The number of oxazole rings is 1. The van der Waals surface area contributed by atoms with Crippen molar-refractivity contribution in [1.29, 1.82) is 0 Å². The highest BCUT2D eigenvalue weighted by atomic mass is 35.5. The minimum absolute atomic E-state index is 0.171. The minimum atomic E-state index is -0.942. The van der Waals surface area contributed by atoms with Crippen LogP contribution in [0.5, 0.6) is 0 Å². The van der Waals surface area contributed by atoms with E-state index in [9.17, 15) is 4.79 Å². The van der Waals surface area contributed by atoms with Crippen LogP contribution >= 0.6 is 11.6 Å². The van der Waals surface area contributed by atoms with Crippen LogP contribution in [-0.2, 0) is 4.79 Å². The zero-order valence-corrected chi connectivity index (χ0v) is 12.2. The maximum Gasteiger partial charge on any atom is 0.308 e. The maximum atomic E-state index is 11.1. The summed E-state index contributed by atoms with van der Waals surface area (Å²) >= 11 is 5.86. The fourth-order valence-corrected chi connectivity index (χ4v) is 2.25. The van der Waals surface area contributed by atoms with Crippen molar-refractivity contribution >= 4 is 40.3 Å². The lowest BCUT2D eigenvalue weighted by molar-refractivity contribution is -0.135. The Kier molecular flexibility index (Phi) is 3.94. The summed E-state index contributed by atoms with van der Waals surface area (Å²) in [4.78, 5) is 15.5. The Labute approximate surface area is 131 Å². The predicted molar refractivity (Wildman–Crippen MR) is 85.6 cm³/mol. The molecule has 0 atom stereocenters. The van der Waals surface area contributed by atoms with Crippen LogP contribution in [0.4, 0.5) is 0 Å². The Morgan fingerprint density at radius 2 is 1.91 bits per heavy atom. The molecule has 1 heterocycles. The smallest absolute Gasteiger partial charge is 0.308 e.